The first-order valence-electron chi connectivity index (χ1n) is 6.11. The van der Waals surface area contributed by atoms with Gasteiger partial charge in [-0.05, 0) is 30.7 Å². The number of ether oxygens (including phenoxy) is 1. The summed E-state index contributed by atoms with van der Waals surface area (Å²) in [7, 11) is 1.68. The van der Waals surface area contributed by atoms with Gasteiger partial charge in [0.2, 0.25) is 0 Å². The highest BCUT2D eigenvalue weighted by molar-refractivity contribution is 5.27. The Morgan fingerprint density at radius 1 is 1.33 bits per heavy atom. The summed E-state index contributed by atoms with van der Waals surface area (Å²) in [6.45, 7) is 3.89. The molecule has 1 N–H and O–H groups in total. The molecule has 0 bridgehead atoms. The molecule has 0 aliphatic carbocycles. The summed E-state index contributed by atoms with van der Waals surface area (Å²) in [6.07, 6.45) is 3.78. The normalized spacial score (nSPS) is 12.3. The van der Waals surface area contributed by atoms with Gasteiger partial charge in [0.25, 0.3) is 0 Å². The summed E-state index contributed by atoms with van der Waals surface area (Å²) in [6, 6.07) is 10.4. The van der Waals surface area contributed by atoms with Gasteiger partial charge in [-0.25, -0.2) is 0 Å². The minimum absolute atomic E-state index is 0.381. The van der Waals surface area contributed by atoms with Crippen LogP contribution in [0.4, 0.5) is 0 Å². The Labute approximate surface area is 108 Å². The van der Waals surface area contributed by atoms with Gasteiger partial charge in [0.15, 0.2) is 0 Å². The van der Waals surface area contributed by atoms with Gasteiger partial charge in [0.1, 0.15) is 5.75 Å². The smallest absolute Gasteiger partial charge is 0.118 e. The van der Waals surface area contributed by atoms with E-state index in [-0.39, 0.29) is 0 Å². The maximum atomic E-state index is 5.13. The fraction of sp³-hybridized carbons (Fsp3) is 0.357. The molecule has 2 aromatic rings. The van der Waals surface area contributed by atoms with Crippen LogP contribution in [-0.4, -0.2) is 22.9 Å². The largest absolute Gasteiger partial charge is 0.497 e. The molecular weight excluding hydrogens is 226 g/mol. The molecule has 0 saturated carbocycles. The van der Waals surface area contributed by atoms with Gasteiger partial charge in [0, 0.05) is 25.0 Å². The zero-order valence-electron chi connectivity index (χ0n) is 10.8. The minimum Gasteiger partial charge on any atom is -0.497 e. The summed E-state index contributed by atoms with van der Waals surface area (Å²) in [5.41, 5.74) is 1.25. The molecule has 96 valence electrons. The molecule has 4 heteroatoms. The third kappa shape index (κ3) is 3.60. The number of methoxy groups -OCH3 is 1. The van der Waals surface area contributed by atoms with Gasteiger partial charge in [-0.15, -0.1) is 0 Å². The highest BCUT2D eigenvalue weighted by Crippen LogP contribution is 2.11. The van der Waals surface area contributed by atoms with Crippen molar-refractivity contribution in [1.29, 1.82) is 0 Å². The molecule has 1 unspecified atom stereocenters. The van der Waals surface area contributed by atoms with Crippen LogP contribution in [0.1, 0.15) is 12.5 Å². The van der Waals surface area contributed by atoms with Gasteiger partial charge in [-0.3, -0.25) is 4.68 Å². The lowest BCUT2D eigenvalue weighted by Gasteiger charge is -2.14. The van der Waals surface area contributed by atoms with Crippen molar-refractivity contribution in [2.75, 3.05) is 7.11 Å². The lowest BCUT2D eigenvalue weighted by molar-refractivity contribution is 0.414. The topological polar surface area (TPSA) is 39.1 Å². The standard InChI is InChI=1S/C14H19N3O/c1-12(11-17-9-3-8-16-17)15-10-13-4-6-14(18-2)7-5-13/h3-9,12,15H,10-11H2,1-2H3. The highest BCUT2D eigenvalue weighted by Gasteiger charge is 2.02. The van der Waals surface area contributed by atoms with E-state index < -0.39 is 0 Å². The lowest BCUT2D eigenvalue weighted by Crippen LogP contribution is -2.30. The predicted molar refractivity (Wildman–Crippen MR) is 71.5 cm³/mol. The molecule has 4 nitrogen and oxygen atoms in total. The van der Waals surface area contributed by atoms with Crippen molar-refractivity contribution in [2.24, 2.45) is 0 Å². The van der Waals surface area contributed by atoms with Gasteiger partial charge in [-0.2, -0.15) is 5.10 Å². The fourth-order valence-corrected chi connectivity index (χ4v) is 1.79. The van der Waals surface area contributed by atoms with E-state index in [0.717, 1.165) is 18.8 Å². The van der Waals surface area contributed by atoms with Crippen LogP contribution < -0.4 is 10.1 Å². The third-order valence-corrected chi connectivity index (χ3v) is 2.83. The van der Waals surface area contributed by atoms with Crippen LogP contribution in [0.25, 0.3) is 0 Å². The Balaban J connectivity index is 1.79. The number of hydrogen-bond donors (Lipinski definition) is 1. The average Bonchev–Trinajstić information content (AvgIpc) is 2.90. The number of nitrogens with one attached hydrogen (secondary N) is 1. The third-order valence-electron chi connectivity index (χ3n) is 2.83. The van der Waals surface area contributed by atoms with Gasteiger partial charge in [-0.1, -0.05) is 12.1 Å². The number of rotatable bonds is 6. The van der Waals surface area contributed by atoms with E-state index in [1.807, 2.05) is 29.1 Å². The van der Waals surface area contributed by atoms with E-state index in [1.165, 1.54) is 5.56 Å². The van der Waals surface area contributed by atoms with Crippen molar-refractivity contribution in [2.45, 2.75) is 26.1 Å². The highest BCUT2D eigenvalue weighted by atomic mass is 16.5. The van der Waals surface area contributed by atoms with Crippen LogP contribution >= 0.6 is 0 Å². The van der Waals surface area contributed by atoms with Gasteiger partial charge >= 0.3 is 0 Å². The molecule has 1 aromatic heterocycles. The van der Waals surface area contributed by atoms with Crippen molar-refractivity contribution in [3.8, 4) is 5.75 Å². The molecule has 18 heavy (non-hydrogen) atoms. The summed E-state index contributed by atoms with van der Waals surface area (Å²) in [5.74, 6) is 0.892. The average molecular weight is 245 g/mol. The first-order chi connectivity index (χ1) is 8.78. The molecular formula is C14H19N3O. The van der Waals surface area contributed by atoms with E-state index in [0.29, 0.717) is 6.04 Å². The molecule has 0 radical (unpaired) electrons. The molecule has 0 aliphatic rings. The maximum absolute atomic E-state index is 5.13. The second kappa shape index (κ2) is 6.21. The lowest BCUT2D eigenvalue weighted by atomic mass is 10.2. The first-order valence-corrected chi connectivity index (χ1v) is 6.11. The molecule has 0 fully saturated rings. The SMILES string of the molecule is COc1ccc(CNC(C)Cn2cccn2)cc1. The molecule has 2 rings (SSSR count). The Bertz CT molecular complexity index is 450. The molecule has 1 heterocycles. The Hall–Kier alpha value is -1.81. The minimum atomic E-state index is 0.381. The molecule has 0 amide bonds. The molecule has 1 atom stereocenters. The quantitative estimate of drug-likeness (QED) is 0.846. The van der Waals surface area contributed by atoms with Crippen molar-refractivity contribution >= 4 is 0 Å². The maximum Gasteiger partial charge on any atom is 0.118 e. The van der Waals surface area contributed by atoms with E-state index >= 15 is 0 Å². The molecule has 0 spiro atoms. The number of hydrogen-bond acceptors (Lipinski definition) is 3. The van der Waals surface area contributed by atoms with Crippen LogP contribution in [0.2, 0.25) is 0 Å². The number of nitrogens with zero attached hydrogens (tertiary/aromatic N) is 2. The van der Waals surface area contributed by atoms with E-state index in [4.69, 9.17) is 4.74 Å². The summed E-state index contributed by atoms with van der Waals surface area (Å²) in [4.78, 5) is 0. The Morgan fingerprint density at radius 3 is 2.72 bits per heavy atom. The van der Waals surface area contributed by atoms with Crippen molar-refractivity contribution in [1.82, 2.24) is 15.1 Å². The van der Waals surface area contributed by atoms with E-state index in [1.54, 1.807) is 13.3 Å². The van der Waals surface area contributed by atoms with Crippen LogP contribution in [0.3, 0.4) is 0 Å². The Kier molecular flexibility index (Phi) is 4.36. The molecule has 0 aliphatic heterocycles. The van der Waals surface area contributed by atoms with Gasteiger partial charge < -0.3 is 10.1 Å². The first kappa shape index (κ1) is 12.6. The van der Waals surface area contributed by atoms with Crippen LogP contribution in [-0.2, 0) is 13.1 Å². The summed E-state index contributed by atoms with van der Waals surface area (Å²) < 4.78 is 7.07. The second-order valence-corrected chi connectivity index (χ2v) is 4.36. The van der Waals surface area contributed by atoms with E-state index in [2.05, 4.69) is 29.5 Å². The predicted octanol–water partition coefficient (Wildman–Crippen LogP) is 2.07. The zero-order valence-corrected chi connectivity index (χ0v) is 10.8. The fourth-order valence-electron chi connectivity index (χ4n) is 1.79. The van der Waals surface area contributed by atoms with Crippen LogP contribution in [0.15, 0.2) is 42.7 Å². The van der Waals surface area contributed by atoms with Crippen LogP contribution in [0.5, 0.6) is 5.75 Å². The molecule has 0 saturated heterocycles. The number of aromatic nitrogens is 2. The number of benzene rings is 1. The van der Waals surface area contributed by atoms with E-state index in [9.17, 15) is 0 Å². The molecule has 1 aromatic carbocycles. The second-order valence-electron chi connectivity index (χ2n) is 4.36. The Morgan fingerprint density at radius 2 is 2.11 bits per heavy atom. The van der Waals surface area contributed by atoms with Crippen LogP contribution in [0, 0.1) is 0 Å². The summed E-state index contributed by atoms with van der Waals surface area (Å²) >= 11 is 0. The zero-order chi connectivity index (χ0) is 12.8. The van der Waals surface area contributed by atoms with Crippen molar-refractivity contribution in [3.05, 3.63) is 48.3 Å². The van der Waals surface area contributed by atoms with Crippen molar-refractivity contribution < 1.29 is 4.74 Å². The summed E-state index contributed by atoms with van der Waals surface area (Å²) in [5, 5.41) is 7.67. The van der Waals surface area contributed by atoms with Gasteiger partial charge in [0.05, 0.1) is 13.7 Å². The van der Waals surface area contributed by atoms with Crippen molar-refractivity contribution in [3.63, 3.8) is 0 Å². The monoisotopic (exact) mass is 245 g/mol.